The second-order valence-corrected chi connectivity index (χ2v) is 5.26. The van der Waals surface area contributed by atoms with Crippen molar-refractivity contribution in [1.29, 1.82) is 0 Å². The van der Waals surface area contributed by atoms with Crippen LogP contribution in [-0.2, 0) is 4.79 Å². The van der Waals surface area contributed by atoms with Gasteiger partial charge in [0.05, 0.1) is 21.3 Å². The van der Waals surface area contributed by atoms with Crippen LogP contribution >= 0.6 is 0 Å². The van der Waals surface area contributed by atoms with Crippen LogP contribution in [0.2, 0.25) is 0 Å². The van der Waals surface area contributed by atoms with Gasteiger partial charge in [0.15, 0.2) is 17.3 Å². The number of hydrogen-bond acceptors (Lipinski definition) is 6. The minimum atomic E-state index is -0.615. The van der Waals surface area contributed by atoms with Gasteiger partial charge < -0.3 is 18.9 Å². The van der Waals surface area contributed by atoms with Crippen LogP contribution < -0.4 is 18.9 Å². The van der Waals surface area contributed by atoms with Crippen LogP contribution in [0, 0.1) is 0 Å². The molecule has 6 nitrogen and oxygen atoms in total. The maximum absolute atomic E-state index is 12.1. The van der Waals surface area contributed by atoms with Crippen molar-refractivity contribution >= 4 is 17.8 Å². The molecule has 0 aliphatic rings. The molecule has 0 amide bonds. The van der Waals surface area contributed by atoms with Gasteiger partial charge in [-0.1, -0.05) is 12.1 Å². The summed E-state index contributed by atoms with van der Waals surface area (Å²) in [7, 11) is 4.53. The predicted molar refractivity (Wildman–Crippen MR) is 97.2 cm³/mol. The number of methoxy groups -OCH3 is 3. The molecule has 0 heterocycles. The molecule has 0 saturated carbocycles. The van der Waals surface area contributed by atoms with Crippen molar-refractivity contribution < 1.29 is 28.5 Å². The lowest BCUT2D eigenvalue weighted by molar-refractivity contribution is -0.128. The lowest BCUT2D eigenvalue weighted by Gasteiger charge is -2.10. The molecule has 0 radical (unpaired) electrons. The molecule has 0 aliphatic heterocycles. The highest BCUT2D eigenvalue weighted by Gasteiger charge is 2.16. The summed E-state index contributed by atoms with van der Waals surface area (Å²) >= 11 is 0. The Kier molecular flexibility index (Phi) is 6.38. The van der Waals surface area contributed by atoms with Crippen molar-refractivity contribution in [2.24, 2.45) is 0 Å². The van der Waals surface area contributed by atoms with Gasteiger partial charge in [-0.2, -0.15) is 0 Å². The highest BCUT2D eigenvalue weighted by molar-refractivity contribution is 6.01. The van der Waals surface area contributed by atoms with E-state index in [9.17, 15) is 9.59 Å². The molecular weight excluding hydrogens is 336 g/mol. The van der Waals surface area contributed by atoms with Crippen molar-refractivity contribution in [1.82, 2.24) is 0 Å². The van der Waals surface area contributed by atoms with Crippen LogP contribution in [0.15, 0.2) is 42.5 Å². The monoisotopic (exact) mass is 356 g/mol. The van der Waals surface area contributed by atoms with Crippen molar-refractivity contribution in [2.45, 2.75) is 6.92 Å². The molecule has 0 aliphatic carbocycles. The number of benzene rings is 2. The first-order valence-corrected chi connectivity index (χ1v) is 7.80. The van der Waals surface area contributed by atoms with E-state index < -0.39 is 5.97 Å². The molecule has 0 unspecified atom stereocenters. The van der Waals surface area contributed by atoms with E-state index in [2.05, 4.69) is 0 Å². The molecule has 136 valence electrons. The van der Waals surface area contributed by atoms with Crippen LogP contribution in [0.3, 0.4) is 0 Å². The lowest BCUT2D eigenvalue weighted by atomic mass is 10.1. The Morgan fingerprint density at radius 2 is 1.50 bits per heavy atom. The van der Waals surface area contributed by atoms with Gasteiger partial charge in [-0.3, -0.25) is 4.79 Å². The number of esters is 1. The Balaban J connectivity index is 2.19. The SMILES string of the molecule is COc1ccc(/C=C/C(=O)Oc2cccc(OC)c2C(C)=O)cc1OC. The van der Waals surface area contributed by atoms with Crippen LogP contribution in [0.5, 0.6) is 23.0 Å². The summed E-state index contributed by atoms with van der Waals surface area (Å²) in [6.45, 7) is 1.38. The molecule has 2 rings (SSSR count). The molecule has 0 spiro atoms. The van der Waals surface area contributed by atoms with Crippen LogP contribution in [0.25, 0.3) is 6.08 Å². The van der Waals surface area contributed by atoms with Gasteiger partial charge in [-0.25, -0.2) is 4.79 Å². The van der Waals surface area contributed by atoms with Crippen molar-refractivity contribution in [3.05, 3.63) is 53.6 Å². The zero-order valence-corrected chi connectivity index (χ0v) is 15.1. The molecule has 2 aromatic carbocycles. The van der Waals surface area contributed by atoms with E-state index in [4.69, 9.17) is 18.9 Å². The Hall–Kier alpha value is -3.28. The molecule has 6 heteroatoms. The Bertz CT molecular complexity index is 838. The lowest BCUT2D eigenvalue weighted by Crippen LogP contribution is -2.08. The fourth-order valence-corrected chi connectivity index (χ4v) is 2.38. The summed E-state index contributed by atoms with van der Waals surface area (Å²) in [4.78, 5) is 23.9. The first-order valence-electron chi connectivity index (χ1n) is 7.80. The summed E-state index contributed by atoms with van der Waals surface area (Å²) in [6.07, 6.45) is 2.85. The number of rotatable bonds is 7. The van der Waals surface area contributed by atoms with Gasteiger partial charge in [-0.15, -0.1) is 0 Å². The average Bonchev–Trinajstić information content (AvgIpc) is 2.65. The molecule has 0 saturated heterocycles. The minimum Gasteiger partial charge on any atom is -0.496 e. The fraction of sp³-hybridized carbons (Fsp3) is 0.200. The first-order chi connectivity index (χ1) is 12.5. The number of carbonyl (C=O) groups is 2. The van der Waals surface area contributed by atoms with Gasteiger partial charge in [0, 0.05) is 6.08 Å². The van der Waals surface area contributed by atoms with E-state index in [0.29, 0.717) is 17.2 Å². The molecule has 2 aromatic rings. The molecule has 0 aromatic heterocycles. The van der Waals surface area contributed by atoms with Gasteiger partial charge >= 0.3 is 5.97 Å². The summed E-state index contributed by atoms with van der Waals surface area (Å²) in [5.41, 5.74) is 0.958. The van der Waals surface area contributed by atoms with Crippen LogP contribution in [0.1, 0.15) is 22.8 Å². The smallest absolute Gasteiger partial charge is 0.336 e. The Morgan fingerprint density at radius 1 is 0.846 bits per heavy atom. The average molecular weight is 356 g/mol. The standard InChI is InChI=1S/C20H20O6/c1-13(21)20-16(24-3)6-5-7-17(20)26-19(22)11-9-14-8-10-15(23-2)18(12-14)25-4/h5-12H,1-4H3/b11-9+. The topological polar surface area (TPSA) is 71.1 Å². The van der Waals surface area contributed by atoms with E-state index in [1.807, 2.05) is 0 Å². The third-order valence-electron chi connectivity index (χ3n) is 3.59. The largest absolute Gasteiger partial charge is 0.496 e. The normalized spacial score (nSPS) is 10.5. The zero-order valence-electron chi connectivity index (χ0n) is 15.1. The molecule has 0 bridgehead atoms. The molecule has 0 fully saturated rings. The second kappa shape index (κ2) is 8.71. The van der Waals surface area contributed by atoms with Gasteiger partial charge in [0.2, 0.25) is 0 Å². The van der Waals surface area contributed by atoms with Crippen LogP contribution in [0.4, 0.5) is 0 Å². The van der Waals surface area contributed by atoms with E-state index >= 15 is 0 Å². The third kappa shape index (κ3) is 4.42. The highest BCUT2D eigenvalue weighted by atomic mass is 16.5. The van der Waals surface area contributed by atoms with E-state index in [1.165, 1.54) is 27.2 Å². The molecule has 0 atom stereocenters. The number of Topliss-reactive ketones (excluding diaryl/α,β-unsaturated/α-hetero) is 1. The maximum Gasteiger partial charge on any atom is 0.336 e. The predicted octanol–water partition coefficient (Wildman–Crippen LogP) is 3.53. The van der Waals surface area contributed by atoms with Crippen molar-refractivity contribution in [3.63, 3.8) is 0 Å². The van der Waals surface area contributed by atoms with E-state index in [0.717, 1.165) is 5.56 Å². The van der Waals surface area contributed by atoms with Crippen LogP contribution in [-0.4, -0.2) is 33.1 Å². The van der Waals surface area contributed by atoms with E-state index in [-0.39, 0.29) is 17.1 Å². The zero-order chi connectivity index (χ0) is 19.1. The quantitative estimate of drug-likeness (QED) is 0.327. The molecular formula is C20H20O6. The van der Waals surface area contributed by atoms with Gasteiger partial charge in [0.25, 0.3) is 0 Å². The van der Waals surface area contributed by atoms with E-state index in [1.54, 1.807) is 49.6 Å². The van der Waals surface area contributed by atoms with Crippen molar-refractivity contribution in [3.8, 4) is 23.0 Å². The summed E-state index contributed by atoms with van der Waals surface area (Å²) in [5.74, 6) is 0.777. The minimum absolute atomic E-state index is 0.152. The number of ether oxygens (including phenoxy) is 4. The maximum atomic E-state index is 12.1. The summed E-state index contributed by atoms with van der Waals surface area (Å²) in [6, 6.07) is 10.1. The number of ketones is 1. The number of carbonyl (C=O) groups excluding carboxylic acids is 2. The molecule has 0 N–H and O–H groups in total. The number of hydrogen-bond donors (Lipinski definition) is 0. The first kappa shape index (κ1) is 19.1. The summed E-state index contributed by atoms with van der Waals surface area (Å²) in [5, 5.41) is 0. The van der Waals surface area contributed by atoms with Gasteiger partial charge in [-0.05, 0) is 42.8 Å². The fourth-order valence-electron chi connectivity index (χ4n) is 2.38. The van der Waals surface area contributed by atoms with Gasteiger partial charge in [0.1, 0.15) is 17.1 Å². The Morgan fingerprint density at radius 3 is 2.12 bits per heavy atom. The summed E-state index contributed by atoms with van der Waals surface area (Å²) < 4.78 is 20.8. The van der Waals surface area contributed by atoms with Crippen molar-refractivity contribution in [2.75, 3.05) is 21.3 Å². The highest BCUT2D eigenvalue weighted by Crippen LogP contribution is 2.30. The second-order valence-electron chi connectivity index (χ2n) is 5.26. The molecule has 26 heavy (non-hydrogen) atoms. The Labute approximate surface area is 151 Å². The third-order valence-corrected chi connectivity index (χ3v) is 3.59.